The molecule has 0 aliphatic carbocycles. The third kappa shape index (κ3) is 1.62. The van der Waals surface area contributed by atoms with Crippen molar-refractivity contribution < 1.29 is 9.50 Å². The van der Waals surface area contributed by atoms with Crippen LogP contribution in [0.4, 0.5) is 4.39 Å². The van der Waals surface area contributed by atoms with Gasteiger partial charge < -0.3 is 5.11 Å². The van der Waals surface area contributed by atoms with Gasteiger partial charge in [0.25, 0.3) is 0 Å². The second-order valence-electron chi connectivity index (χ2n) is 2.98. The van der Waals surface area contributed by atoms with Gasteiger partial charge in [0, 0.05) is 0 Å². The van der Waals surface area contributed by atoms with E-state index in [1.165, 1.54) is 0 Å². The number of halogens is 1. The number of aromatic hydroxyl groups is 1. The van der Waals surface area contributed by atoms with Crippen LogP contribution in [0.2, 0.25) is 0 Å². The predicted molar refractivity (Wildman–Crippen MR) is 46.9 cm³/mol. The summed E-state index contributed by atoms with van der Waals surface area (Å²) in [6, 6.07) is 3.56. The molecule has 0 radical (unpaired) electrons. The van der Waals surface area contributed by atoms with Crippen LogP contribution in [0, 0.1) is 31.0 Å². The largest absolute Gasteiger partial charge is 0.505 e. The van der Waals surface area contributed by atoms with Crippen molar-refractivity contribution in [1.82, 2.24) is 0 Å². The van der Waals surface area contributed by atoms with Crippen LogP contribution in [0.5, 0.6) is 5.75 Å². The van der Waals surface area contributed by atoms with Crippen molar-refractivity contribution in [1.29, 1.82) is 5.26 Å². The zero-order valence-corrected chi connectivity index (χ0v) is 7.56. The molecule has 0 unspecified atom stereocenters. The van der Waals surface area contributed by atoms with E-state index >= 15 is 0 Å². The number of nitrogens with zero attached hydrogens (tertiary/aromatic N) is 1. The molecular formula is C10H10FNO. The van der Waals surface area contributed by atoms with Gasteiger partial charge in [-0.05, 0) is 30.5 Å². The Morgan fingerprint density at radius 3 is 2.69 bits per heavy atom. The van der Waals surface area contributed by atoms with Crippen molar-refractivity contribution in [3.05, 3.63) is 28.6 Å². The molecule has 13 heavy (non-hydrogen) atoms. The molecule has 0 atom stereocenters. The molecule has 0 aliphatic heterocycles. The topological polar surface area (TPSA) is 44.0 Å². The molecule has 1 aromatic rings. The molecule has 0 heterocycles. The van der Waals surface area contributed by atoms with Gasteiger partial charge in [-0.3, -0.25) is 0 Å². The standard InChI is InChI=1S/C10H10FNO/c1-6-5-8(3-4-12)7(2)10(13)9(6)11/h5,13H,3H2,1-2H3. The summed E-state index contributed by atoms with van der Waals surface area (Å²) in [6.07, 6.45) is 0.195. The number of nitriles is 1. The highest BCUT2D eigenvalue weighted by Crippen LogP contribution is 2.27. The Morgan fingerprint density at radius 2 is 2.15 bits per heavy atom. The minimum absolute atomic E-state index is 0.195. The molecule has 1 rings (SSSR count). The first kappa shape index (κ1) is 9.53. The Balaban J connectivity index is 3.34. The number of phenols is 1. The summed E-state index contributed by atoms with van der Waals surface area (Å²) in [7, 11) is 0. The van der Waals surface area contributed by atoms with E-state index in [0.29, 0.717) is 16.7 Å². The van der Waals surface area contributed by atoms with E-state index in [9.17, 15) is 9.50 Å². The van der Waals surface area contributed by atoms with E-state index in [-0.39, 0.29) is 12.2 Å². The highest BCUT2D eigenvalue weighted by Gasteiger charge is 2.11. The molecule has 1 aromatic carbocycles. The molecule has 0 saturated carbocycles. The lowest BCUT2D eigenvalue weighted by Crippen LogP contribution is -1.94. The van der Waals surface area contributed by atoms with Crippen LogP contribution in [0.15, 0.2) is 6.07 Å². The molecule has 1 N–H and O–H groups in total. The van der Waals surface area contributed by atoms with Gasteiger partial charge in [-0.1, -0.05) is 6.07 Å². The quantitative estimate of drug-likeness (QED) is 0.718. The van der Waals surface area contributed by atoms with Gasteiger partial charge in [-0.25, -0.2) is 4.39 Å². The fourth-order valence-corrected chi connectivity index (χ4v) is 1.21. The third-order valence-corrected chi connectivity index (χ3v) is 2.05. The lowest BCUT2D eigenvalue weighted by Gasteiger charge is -2.07. The van der Waals surface area contributed by atoms with Crippen LogP contribution in [-0.2, 0) is 6.42 Å². The fraction of sp³-hybridized carbons (Fsp3) is 0.300. The molecule has 0 aromatic heterocycles. The second kappa shape index (κ2) is 3.44. The van der Waals surface area contributed by atoms with Crippen LogP contribution in [0.1, 0.15) is 16.7 Å². The van der Waals surface area contributed by atoms with E-state index in [0.717, 1.165) is 0 Å². The number of phenolic OH excluding ortho intramolecular Hbond substituents is 1. The average Bonchev–Trinajstić information content (AvgIpc) is 2.11. The number of aryl methyl sites for hydroxylation is 1. The summed E-state index contributed by atoms with van der Waals surface area (Å²) in [5.41, 5.74) is 1.50. The first-order chi connectivity index (χ1) is 6.07. The Hall–Kier alpha value is -1.56. The summed E-state index contributed by atoms with van der Waals surface area (Å²) < 4.78 is 13.1. The van der Waals surface area contributed by atoms with Crippen molar-refractivity contribution >= 4 is 0 Å². The van der Waals surface area contributed by atoms with E-state index in [1.54, 1.807) is 19.9 Å². The normalized spacial score (nSPS) is 9.69. The summed E-state index contributed by atoms with van der Waals surface area (Å²) in [4.78, 5) is 0. The zero-order valence-electron chi connectivity index (χ0n) is 7.56. The highest BCUT2D eigenvalue weighted by molar-refractivity contribution is 5.44. The van der Waals surface area contributed by atoms with Crippen LogP contribution in [0.3, 0.4) is 0 Å². The molecule has 0 fully saturated rings. The van der Waals surface area contributed by atoms with Crippen LogP contribution in [0.25, 0.3) is 0 Å². The first-order valence-corrected chi connectivity index (χ1v) is 3.92. The van der Waals surface area contributed by atoms with E-state index in [4.69, 9.17) is 5.26 Å². The molecule has 2 nitrogen and oxygen atoms in total. The summed E-state index contributed by atoms with van der Waals surface area (Å²) in [5, 5.41) is 17.8. The van der Waals surface area contributed by atoms with Crippen molar-refractivity contribution in [2.24, 2.45) is 0 Å². The third-order valence-electron chi connectivity index (χ3n) is 2.05. The lowest BCUT2D eigenvalue weighted by molar-refractivity contribution is 0.425. The smallest absolute Gasteiger partial charge is 0.167 e. The van der Waals surface area contributed by atoms with Gasteiger partial charge in [0.15, 0.2) is 11.6 Å². The van der Waals surface area contributed by atoms with Gasteiger partial charge in [-0.2, -0.15) is 5.26 Å². The number of hydrogen-bond acceptors (Lipinski definition) is 2. The van der Waals surface area contributed by atoms with Crippen LogP contribution >= 0.6 is 0 Å². The number of benzene rings is 1. The van der Waals surface area contributed by atoms with E-state index < -0.39 is 5.82 Å². The number of hydrogen-bond donors (Lipinski definition) is 1. The second-order valence-corrected chi connectivity index (χ2v) is 2.98. The van der Waals surface area contributed by atoms with Crippen LogP contribution in [-0.4, -0.2) is 5.11 Å². The Kier molecular flexibility index (Phi) is 2.52. The maximum Gasteiger partial charge on any atom is 0.167 e. The monoisotopic (exact) mass is 179 g/mol. The van der Waals surface area contributed by atoms with Crippen molar-refractivity contribution in [3.8, 4) is 11.8 Å². The summed E-state index contributed by atoms with van der Waals surface area (Å²) in [5.74, 6) is -0.940. The van der Waals surface area contributed by atoms with Gasteiger partial charge in [0.2, 0.25) is 0 Å². The van der Waals surface area contributed by atoms with Gasteiger partial charge in [0.1, 0.15) is 0 Å². The maximum absolute atomic E-state index is 13.1. The molecule has 68 valence electrons. The van der Waals surface area contributed by atoms with Gasteiger partial charge in [0.05, 0.1) is 12.5 Å². The molecule has 0 amide bonds. The summed E-state index contributed by atoms with van der Waals surface area (Å²) in [6.45, 7) is 3.17. The zero-order chi connectivity index (χ0) is 10.0. The SMILES string of the molecule is Cc1cc(CC#N)c(C)c(O)c1F. The average molecular weight is 179 g/mol. The summed E-state index contributed by atoms with van der Waals surface area (Å²) >= 11 is 0. The predicted octanol–water partition coefficient (Wildman–Crippen LogP) is 2.21. The molecule has 0 bridgehead atoms. The molecule has 3 heteroatoms. The van der Waals surface area contributed by atoms with Crippen molar-refractivity contribution in [2.45, 2.75) is 20.3 Å². The van der Waals surface area contributed by atoms with Crippen molar-refractivity contribution in [2.75, 3.05) is 0 Å². The molecule has 0 spiro atoms. The van der Waals surface area contributed by atoms with Crippen molar-refractivity contribution in [3.63, 3.8) is 0 Å². The van der Waals surface area contributed by atoms with Gasteiger partial charge >= 0.3 is 0 Å². The molecule has 0 saturated heterocycles. The Labute approximate surface area is 76.2 Å². The molecule has 0 aliphatic rings. The first-order valence-electron chi connectivity index (χ1n) is 3.92. The Morgan fingerprint density at radius 1 is 1.54 bits per heavy atom. The minimum atomic E-state index is -0.598. The maximum atomic E-state index is 13.1. The molecular weight excluding hydrogens is 169 g/mol. The van der Waals surface area contributed by atoms with E-state index in [1.807, 2.05) is 6.07 Å². The highest BCUT2D eigenvalue weighted by atomic mass is 19.1. The minimum Gasteiger partial charge on any atom is -0.505 e. The Bertz CT molecular complexity index is 379. The van der Waals surface area contributed by atoms with Gasteiger partial charge in [-0.15, -0.1) is 0 Å². The van der Waals surface area contributed by atoms with Crippen LogP contribution < -0.4 is 0 Å². The lowest BCUT2D eigenvalue weighted by atomic mass is 10.0. The van der Waals surface area contributed by atoms with E-state index in [2.05, 4.69) is 0 Å². The fourth-order valence-electron chi connectivity index (χ4n) is 1.21. The number of rotatable bonds is 1.